The number of hydrogen-bond donors (Lipinski definition) is 1. The second-order valence-corrected chi connectivity index (χ2v) is 9.03. The molecule has 0 saturated heterocycles. The maximum absolute atomic E-state index is 13.0. The van der Waals surface area contributed by atoms with Crippen molar-refractivity contribution < 1.29 is 13.2 Å². The normalized spacial score (nSPS) is 15.5. The third kappa shape index (κ3) is 4.22. The molecule has 1 amide bonds. The van der Waals surface area contributed by atoms with Gasteiger partial charge in [-0.15, -0.1) is 0 Å². The van der Waals surface area contributed by atoms with E-state index in [1.807, 2.05) is 44.2 Å². The molecular formula is C21H26N2O3S. The first kappa shape index (κ1) is 19.6. The van der Waals surface area contributed by atoms with Crippen LogP contribution in [0.1, 0.15) is 44.4 Å². The van der Waals surface area contributed by atoms with Crippen LogP contribution in [0.3, 0.4) is 0 Å². The standard InChI is InChI=1S/C21H26N2O3S/c1-15(2)21(17-8-5-4-6-9-17)22-27(25,26)19-11-12-20-18(14-19)10-7-13-23(20)16(3)24/h4-6,8-9,11-12,14-15,21-22H,7,10,13H2,1-3H3/t21-/m1/s1. The van der Waals surface area contributed by atoms with Crippen molar-refractivity contribution in [3.05, 3.63) is 59.7 Å². The molecule has 0 spiro atoms. The van der Waals surface area contributed by atoms with Gasteiger partial charge in [0.2, 0.25) is 15.9 Å². The lowest BCUT2D eigenvalue weighted by molar-refractivity contribution is -0.116. The molecule has 0 fully saturated rings. The molecule has 1 heterocycles. The summed E-state index contributed by atoms with van der Waals surface area (Å²) in [6.45, 7) is 6.21. The molecule has 2 aromatic rings. The molecule has 0 aliphatic carbocycles. The molecule has 0 radical (unpaired) electrons. The highest BCUT2D eigenvalue weighted by atomic mass is 32.2. The number of carbonyl (C=O) groups is 1. The van der Waals surface area contributed by atoms with Crippen LogP contribution >= 0.6 is 0 Å². The summed E-state index contributed by atoms with van der Waals surface area (Å²) in [5, 5.41) is 0. The Kier molecular flexibility index (Phi) is 5.67. The highest BCUT2D eigenvalue weighted by Crippen LogP contribution is 2.30. The van der Waals surface area contributed by atoms with Crippen LogP contribution in [0.5, 0.6) is 0 Å². The molecule has 5 nitrogen and oxygen atoms in total. The fraction of sp³-hybridized carbons (Fsp3) is 0.381. The summed E-state index contributed by atoms with van der Waals surface area (Å²) in [6, 6.07) is 14.3. The Hall–Kier alpha value is -2.18. The van der Waals surface area contributed by atoms with Crippen LogP contribution in [0.2, 0.25) is 0 Å². The summed E-state index contributed by atoms with van der Waals surface area (Å²) >= 11 is 0. The molecule has 144 valence electrons. The lowest BCUT2D eigenvalue weighted by atomic mass is 9.97. The van der Waals surface area contributed by atoms with E-state index in [0.29, 0.717) is 6.54 Å². The van der Waals surface area contributed by atoms with Crippen molar-refractivity contribution in [1.29, 1.82) is 0 Å². The largest absolute Gasteiger partial charge is 0.312 e. The monoisotopic (exact) mass is 386 g/mol. The Balaban J connectivity index is 1.92. The minimum Gasteiger partial charge on any atom is -0.312 e. The number of anilines is 1. The Morgan fingerprint density at radius 2 is 1.81 bits per heavy atom. The summed E-state index contributed by atoms with van der Waals surface area (Å²) < 4.78 is 28.9. The molecule has 1 atom stereocenters. The second kappa shape index (κ2) is 7.82. The number of nitrogens with one attached hydrogen (secondary N) is 1. The molecule has 1 aliphatic heterocycles. The predicted molar refractivity (Wildman–Crippen MR) is 107 cm³/mol. The van der Waals surface area contributed by atoms with E-state index in [-0.39, 0.29) is 22.8 Å². The Morgan fingerprint density at radius 3 is 2.44 bits per heavy atom. The molecule has 1 aliphatic rings. The van der Waals surface area contributed by atoms with Crippen LogP contribution in [0, 0.1) is 5.92 Å². The fourth-order valence-corrected chi connectivity index (χ4v) is 4.98. The van der Waals surface area contributed by atoms with Crippen molar-refractivity contribution in [2.75, 3.05) is 11.4 Å². The molecule has 6 heteroatoms. The van der Waals surface area contributed by atoms with Crippen molar-refractivity contribution in [1.82, 2.24) is 4.72 Å². The quantitative estimate of drug-likeness (QED) is 0.853. The van der Waals surface area contributed by atoms with E-state index in [9.17, 15) is 13.2 Å². The molecule has 27 heavy (non-hydrogen) atoms. The van der Waals surface area contributed by atoms with Crippen molar-refractivity contribution in [2.45, 2.75) is 44.6 Å². The minimum absolute atomic E-state index is 0.0198. The van der Waals surface area contributed by atoms with Crippen LogP contribution < -0.4 is 9.62 Å². The molecule has 0 aromatic heterocycles. The van der Waals surface area contributed by atoms with Gasteiger partial charge in [0.05, 0.1) is 4.90 Å². The SMILES string of the molecule is CC(=O)N1CCCc2cc(S(=O)(=O)N[C@@H](c3ccccc3)C(C)C)ccc21. The van der Waals surface area contributed by atoms with Gasteiger partial charge in [0.15, 0.2) is 0 Å². The van der Waals surface area contributed by atoms with E-state index in [1.54, 1.807) is 23.1 Å². The van der Waals surface area contributed by atoms with Crippen LogP contribution in [0.4, 0.5) is 5.69 Å². The Bertz CT molecular complexity index is 924. The number of rotatable bonds is 5. The molecule has 2 aromatic carbocycles. The van der Waals surface area contributed by atoms with Crippen molar-refractivity contribution in [3.8, 4) is 0 Å². The maximum Gasteiger partial charge on any atom is 0.241 e. The van der Waals surface area contributed by atoms with Crippen molar-refractivity contribution in [3.63, 3.8) is 0 Å². The van der Waals surface area contributed by atoms with E-state index in [2.05, 4.69) is 4.72 Å². The second-order valence-electron chi connectivity index (χ2n) is 7.32. The number of nitrogens with zero attached hydrogens (tertiary/aromatic N) is 1. The average Bonchev–Trinajstić information content (AvgIpc) is 2.65. The molecule has 1 N–H and O–H groups in total. The van der Waals surface area contributed by atoms with Crippen molar-refractivity contribution >= 4 is 21.6 Å². The lowest BCUT2D eigenvalue weighted by Crippen LogP contribution is -2.34. The van der Waals surface area contributed by atoms with Crippen LogP contribution in [-0.4, -0.2) is 20.9 Å². The summed E-state index contributed by atoms with van der Waals surface area (Å²) in [5.41, 5.74) is 2.66. The third-order valence-corrected chi connectivity index (χ3v) is 6.41. The van der Waals surface area contributed by atoms with E-state index >= 15 is 0 Å². The number of fused-ring (bicyclic) bond motifs is 1. The van der Waals surface area contributed by atoms with E-state index < -0.39 is 10.0 Å². The zero-order chi connectivity index (χ0) is 19.6. The van der Waals surface area contributed by atoms with Gasteiger partial charge in [-0.2, -0.15) is 0 Å². The maximum atomic E-state index is 13.0. The molecule has 0 bridgehead atoms. The predicted octanol–water partition coefficient (Wildman–Crippen LogP) is 3.66. The summed E-state index contributed by atoms with van der Waals surface area (Å²) in [5.74, 6) is 0.0849. The van der Waals surface area contributed by atoms with Gasteiger partial charge in [0, 0.05) is 25.2 Å². The Morgan fingerprint density at radius 1 is 1.11 bits per heavy atom. The van der Waals surface area contributed by atoms with E-state index in [4.69, 9.17) is 0 Å². The number of carbonyl (C=O) groups excluding carboxylic acids is 1. The molecule has 0 saturated carbocycles. The topological polar surface area (TPSA) is 66.5 Å². The highest BCUT2D eigenvalue weighted by molar-refractivity contribution is 7.89. The average molecular weight is 387 g/mol. The fourth-order valence-electron chi connectivity index (χ4n) is 3.55. The zero-order valence-electron chi connectivity index (χ0n) is 16.0. The first-order valence-corrected chi connectivity index (χ1v) is 10.8. The first-order valence-electron chi connectivity index (χ1n) is 9.28. The summed E-state index contributed by atoms with van der Waals surface area (Å²) in [6.07, 6.45) is 1.61. The van der Waals surface area contributed by atoms with E-state index in [0.717, 1.165) is 29.7 Å². The van der Waals surface area contributed by atoms with Gasteiger partial charge in [-0.1, -0.05) is 44.2 Å². The first-order chi connectivity index (χ1) is 12.8. The van der Waals surface area contributed by atoms with Gasteiger partial charge >= 0.3 is 0 Å². The summed E-state index contributed by atoms with van der Waals surface area (Å²) in [7, 11) is -3.68. The summed E-state index contributed by atoms with van der Waals surface area (Å²) in [4.78, 5) is 13.8. The van der Waals surface area contributed by atoms with Gasteiger partial charge in [0.1, 0.15) is 0 Å². The van der Waals surface area contributed by atoms with Crippen molar-refractivity contribution in [2.24, 2.45) is 5.92 Å². The lowest BCUT2D eigenvalue weighted by Gasteiger charge is -2.29. The smallest absolute Gasteiger partial charge is 0.241 e. The van der Waals surface area contributed by atoms with Gasteiger partial charge in [-0.3, -0.25) is 4.79 Å². The number of aryl methyl sites for hydroxylation is 1. The van der Waals surface area contributed by atoms with Crippen LogP contribution in [-0.2, 0) is 21.2 Å². The number of sulfonamides is 1. The van der Waals surface area contributed by atoms with Gasteiger partial charge in [-0.25, -0.2) is 13.1 Å². The van der Waals surface area contributed by atoms with Crippen LogP contribution in [0.25, 0.3) is 0 Å². The molecule has 3 rings (SSSR count). The zero-order valence-corrected chi connectivity index (χ0v) is 16.8. The number of amides is 1. The van der Waals surface area contributed by atoms with Gasteiger partial charge in [-0.05, 0) is 48.1 Å². The van der Waals surface area contributed by atoms with E-state index in [1.165, 1.54) is 6.92 Å². The van der Waals surface area contributed by atoms with Crippen LogP contribution in [0.15, 0.2) is 53.4 Å². The molecular weight excluding hydrogens is 360 g/mol. The number of benzene rings is 2. The third-order valence-electron chi connectivity index (χ3n) is 4.97. The van der Waals surface area contributed by atoms with Gasteiger partial charge < -0.3 is 4.90 Å². The minimum atomic E-state index is -3.68. The Labute approximate surface area is 161 Å². The molecule has 0 unspecified atom stereocenters. The highest BCUT2D eigenvalue weighted by Gasteiger charge is 2.26. The van der Waals surface area contributed by atoms with Gasteiger partial charge in [0.25, 0.3) is 0 Å². The number of hydrogen-bond acceptors (Lipinski definition) is 3.